The molecule has 3 heterocycles. The lowest BCUT2D eigenvalue weighted by Gasteiger charge is -1.95. The molecule has 0 radical (unpaired) electrons. The van der Waals surface area contributed by atoms with Gasteiger partial charge < -0.3 is 9.73 Å². The highest BCUT2D eigenvalue weighted by atomic mass is 32.2. The van der Waals surface area contributed by atoms with E-state index in [0.29, 0.717) is 15.8 Å². The maximum absolute atomic E-state index is 12.1. The first kappa shape index (κ1) is 16.7. The fraction of sp³-hybridized carbons (Fsp3) is 0. The predicted molar refractivity (Wildman–Crippen MR) is 104 cm³/mol. The first-order valence-electron chi connectivity index (χ1n) is 7.80. The summed E-state index contributed by atoms with van der Waals surface area (Å²) in [4.78, 5) is 21.4. The topological polar surface area (TPSA) is 67.5 Å². The number of nitrogens with zero attached hydrogens (tertiary/aromatic N) is 2. The number of amides is 1. The number of hydrogen-bond acceptors (Lipinski definition) is 6. The molecule has 5 nitrogen and oxygen atoms in total. The van der Waals surface area contributed by atoms with E-state index in [9.17, 15) is 4.79 Å². The molecule has 7 heteroatoms. The number of pyridine rings is 1. The average molecular weight is 379 g/mol. The Bertz CT molecular complexity index is 982. The van der Waals surface area contributed by atoms with Gasteiger partial charge in [-0.15, -0.1) is 0 Å². The van der Waals surface area contributed by atoms with Crippen molar-refractivity contribution in [3.8, 4) is 0 Å². The number of para-hydroxylation sites is 1. The summed E-state index contributed by atoms with van der Waals surface area (Å²) >= 11 is 2.72. The zero-order valence-corrected chi connectivity index (χ0v) is 15.1. The van der Waals surface area contributed by atoms with Crippen LogP contribution in [0.2, 0.25) is 0 Å². The van der Waals surface area contributed by atoms with Crippen molar-refractivity contribution in [3.63, 3.8) is 0 Å². The summed E-state index contributed by atoms with van der Waals surface area (Å²) in [6.45, 7) is 0. The Kier molecular flexibility index (Phi) is 4.90. The van der Waals surface area contributed by atoms with Gasteiger partial charge in [-0.05, 0) is 59.9 Å². The number of rotatable bonds is 4. The number of carbonyl (C=O) groups is 1. The summed E-state index contributed by atoms with van der Waals surface area (Å²) in [5.41, 5.74) is 0.795. The molecule has 1 saturated heterocycles. The van der Waals surface area contributed by atoms with Gasteiger partial charge in [-0.3, -0.25) is 4.79 Å². The zero-order chi connectivity index (χ0) is 17.8. The van der Waals surface area contributed by atoms with Crippen LogP contribution < -0.4 is 5.32 Å². The van der Waals surface area contributed by atoms with Gasteiger partial charge in [-0.2, -0.15) is 0 Å². The SMILES string of the molecule is O=C1NC(=Nc2ccccc2)S/C1=C\c1ccc(Sc2ccccn2)o1. The van der Waals surface area contributed by atoms with Crippen molar-refractivity contribution in [1.82, 2.24) is 10.3 Å². The Hall–Kier alpha value is -2.77. The highest BCUT2D eigenvalue weighted by Gasteiger charge is 2.24. The normalized spacial score (nSPS) is 17.0. The first-order chi connectivity index (χ1) is 12.8. The van der Waals surface area contributed by atoms with E-state index < -0.39 is 0 Å². The minimum absolute atomic E-state index is 0.181. The van der Waals surface area contributed by atoms with Crippen LogP contribution >= 0.6 is 23.5 Å². The fourth-order valence-electron chi connectivity index (χ4n) is 2.21. The second kappa shape index (κ2) is 7.63. The molecule has 26 heavy (non-hydrogen) atoms. The number of amidine groups is 1. The van der Waals surface area contributed by atoms with Gasteiger partial charge in [0.05, 0.1) is 10.6 Å². The van der Waals surface area contributed by atoms with Crippen molar-refractivity contribution < 1.29 is 9.21 Å². The second-order valence-corrected chi connectivity index (χ2v) is 7.30. The van der Waals surface area contributed by atoms with Gasteiger partial charge in [0.2, 0.25) is 0 Å². The number of hydrogen-bond donors (Lipinski definition) is 1. The van der Waals surface area contributed by atoms with Gasteiger partial charge in [-0.1, -0.05) is 24.3 Å². The van der Waals surface area contributed by atoms with E-state index >= 15 is 0 Å². The molecule has 0 spiro atoms. The summed E-state index contributed by atoms with van der Waals surface area (Å²) in [6, 6.07) is 18.9. The summed E-state index contributed by atoms with van der Waals surface area (Å²) in [7, 11) is 0. The van der Waals surface area contributed by atoms with Gasteiger partial charge in [0.15, 0.2) is 10.3 Å². The summed E-state index contributed by atoms with van der Waals surface area (Å²) in [5, 5.41) is 4.90. The number of furan rings is 1. The van der Waals surface area contributed by atoms with Crippen LogP contribution in [-0.4, -0.2) is 16.1 Å². The second-order valence-electron chi connectivity index (χ2n) is 5.24. The molecule has 0 atom stereocenters. The maximum atomic E-state index is 12.1. The molecule has 0 saturated carbocycles. The Balaban J connectivity index is 1.48. The maximum Gasteiger partial charge on any atom is 0.264 e. The predicted octanol–water partition coefficient (Wildman–Crippen LogP) is 4.72. The summed E-state index contributed by atoms with van der Waals surface area (Å²) in [6.07, 6.45) is 3.46. The highest BCUT2D eigenvalue weighted by Crippen LogP contribution is 2.31. The quantitative estimate of drug-likeness (QED) is 0.665. The van der Waals surface area contributed by atoms with Crippen molar-refractivity contribution in [2.45, 2.75) is 10.1 Å². The summed E-state index contributed by atoms with van der Waals surface area (Å²) < 4.78 is 5.76. The number of aromatic nitrogens is 1. The average Bonchev–Trinajstić information content (AvgIpc) is 3.23. The van der Waals surface area contributed by atoms with Crippen LogP contribution in [0.1, 0.15) is 5.76 Å². The van der Waals surface area contributed by atoms with Crippen molar-refractivity contribution in [2.75, 3.05) is 0 Å². The molecule has 1 amide bonds. The van der Waals surface area contributed by atoms with Gasteiger partial charge in [0, 0.05) is 12.3 Å². The number of carbonyl (C=O) groups excluding carboxylic acids is 1. The van der Waals surface area contributed by atoms with E-state index in [1.165, 1.54) is 23.5 Å². The molecule has 0 aliphatic carbocycles. The molecule has 4 rings (SSSR count). The van der Waals surface area contributed by atoms with Gasteiger partial charge in [0.1, 0.15) is 10.8 Å². The fourth-order valence-corrected chi connectivity index (χ4v) is 3.77. The number of thioether (sulfide) groups is 1. The Morgan fingerprint density at radius 1 is 1.08 bits per heavy atom. The van der Waals surface area contributed by atoms with Crippen molar-refractivity contribution in [3.05, 3.63) is 77.5 Å². The van der Waals surface area contributed by atoms with E-state index in [0.717, 1.165) is 15.8 Å². The molecule has 1 N–H and O–H groups in total. The Labute approximate surface area is 158 Å². The molecule has 0 unspecified atom stereocenters. The van der Waals surface area contributed by atoms with E-state index in [4.69, 9.17) is 4.42 Å². The molecule has 1 aliphatic rings. The smallest absolute Gasteiger partial charge is 0.264 e. The first-order valence-corrected chi connectivity index (χ1v) is 9.43. The highest BCUT2D eigenvalue weighted by molar-refractivity contribution is 8.18. The molecule has 1 fully saturated rings. The molecule has 3 aromatic rings. The van der Waals surface area contributed by atoms with Crippen molar-refractivity contribution in [2.24, 2.45) is 4.99 Å². The van der Waals surface area contributed by atoms with Crippen LogP contribution in [-0.2, 0) is 4.79 Å². The summed E-state index contributed by atoms with van der Waals surface area (Å²) in [5.74, 6) is 0.432. The Morgan fingerprint density at radius 2 is 1.92 bits per heavy atom. The minimum atomic E-state index is -0.181. The zero-order valence-electron chi connectivity index (χ0n) is 13.5. The number of benzene rings is 1. The van der Waals surface area contributed by atoms with E-state index in [2.05, 4.69) is 15.3 Å². The van der Waals surface area contributed by atoms with Gasteiger partial charge in [0.25, 0.3) is 5.91 Å². The third-order valence-electron chi connectivity index (χ3n) is 3.36. The lowest BCUT2D eigenvalue weighted by Crippen LogP contribution is -2.19. The van der Waals surface area contributed by atoms with Crippen molar-refractivity contribution >= 4 is 46.4 Å². The minimum Gasteiger partial charge on any atom is -0.450 e. The lowest BCUT2D eigenvalue weighted by atomic mass is 10.3. The van der Waals surface area contributed by atoms with Crippen LogP contribution in [0, 0.1) is 0 Å². The number of aliphatic imine (C=N–C) groups is 1. The van der Waals surface area contributed by atoms with E-state index in [1.54, 1.807) is 12.3 Å². The standard InChI is InChI=1S/C19H13N3O2S2/c23-18-15(25-19(22-18)21-13-6-2-1-3-7-13)12-14-9-10-17(24-14)26-16-8-4-5-11-20-16/h1-12H,(H,21,22,23)/b15-12-. The van der Waals surface area contributed by atoms with Crippen LogP contribution in [0.4, 0.5) is 5.69 Å². The van der Waals surface area contributed by atoms with Crippen LogP contribution in [0.15, 0.2) is 91.3 Å². The third-order valence-corrected chi connectivity index (χ3v) is 5.14. The molecule has 0 bridgehead atoms. The molecular formula is C19H13N3O2S2. The molecular weight excluding hydrogens is 366 g/mol. The van der Waals surface area contributed by atoms with Gasteiger partial charge >= 0.3 is 0 Å². The lowest BCUT2D eigenvalue weighted by molar-refractivity contribution is -0.115. The molecule has 1 aliphatic heterocycles. The van der Waals surface area contributed by atoms with Crippen molar-refractivity contribution in [1.29, 1.82) is 0 Å². The molecule has 128 valence electrons. The monoisotopic (exact) mass is 379 g/mol. The molecule has 2 aromatic heterocycles. The van der Waals surface area contributed by atoms with Crippen LogP contribution in [0.25, 0.3) is 6.08 Å². The van der Waals surface area contributed by atoms with Crippen LogP contribution in [0.3, 0.4) is 0 Å². The third kappa shape index (κ3) is 4.07. The van der Waals surface area contributed by atoms with E-state index in [-0.39, 0.29) is 5.91 Å². The molecule has 1 aromatic carbocycles. The van der Waals surface area contributed by atoms with E-state index in [1.807, 2.05) is 60.7 Å². The largest absolute Gasteiger partial charge is 0.450 e. The van der Waals surface area contributed by atoms with Crippen LogP contribution in [0.5, 0.6) is 0 Å². The van der Waals surface area contributed by atoms with Gasteiger partial charge in [-0.25, -0.2) is 9.98 Å². The number of nitrogens with one attached hydrogen (secondary N) is 1. The Morgan fingerprint density at radius 3 is 2.73 bits per heavy atom.